The van der Waals surface area contributed by atoms with Crippen LogP contribution in [0.2, 0.25) is 0 Å². The van der Waals surface area contributed by atoms with Gasteiger partial charge in [0.1, 0.15) is 11.9 Å². The second-order valence-corrected chi connectivity index (χ2v) is 4.77. The Labute approximate surface area is 114 Å². The maximum Gasteiger partial charge on any atom is 0.305 e. The number of hydrogen-bond acceptors (Lipinski definition) is 7. The SMILES string of the molecule is N#Cc1nc(NCCSCCCO)ccc1[N+](=O)[O-]. The number of aliphatic hydroxyl groups is 1. The Bertz CT molecular complexity index is 475. The van der Waals surface area contributed by atoms with Crippen LogP contribution < -0.4 is 5.32 Å². The summed E-state index contributed by atoms with van der Waals surface area (Å²) >= 11 is 1.69. The van der Waals surface area contributed by atoms with Crippen LogP contribution in [0.15, 0.2) is 12.1 Å². The molecule has 1 aromatic heterocycles. The molecule has 8 heteroatoms. The molecule has 0 radical (unpaired) electrons. The molecular formula is C11H14N4O3S. The van der Waals surface area contributed by atoms with E-state index in [4.69, 9.17) is 10.4 Å². The molecule has 7 nitrogen and oxygen atoms in total. The minimum Gasteiger partial charge on any atom is -0.396 e. The smallest absolute Gasteiger partial charge is 0.305 e. The zero-order chi connectivity index (χ0) is 14.1. The van der Waals surface area contributed by atoms with Crippen LogP contribution >= 0.6 is 11.8 Å². The highest BCUT2D eigenvalue weighted by atomic mass is 32.2. The molecule has 1 heterocycles. The average Bonchev–Trinajstić information content (AvgIpc) is 2.42. The highest BCUT2D eigenvalue weighted by molar-refractivity contribution is 7.99. The molecule has 0 fully saturated rings. The van der Waals surface area contributed by atoms with Crippen LogP contribution in [0.25, 0.3) is 0 Å². The largest absolute Gasteiger partial charge is 0.396 e. The molecule has 0 atom stereocenters. The molecule has 0 bridgehead atoms. The minimum atomic E-state index is -0.625. The number of nitrogens with one attached hydrogen (secondary N) is 1. The van der Waals surface area contributed by atoms with Gasteiger partial charge in [0.2, 0.25) is 5.69 Å². The predicted octanol–water partition coefficient (Wildman–Crippen LogP) is 1.39. The van der Waals surface area contributed by atoms with E-state index in [2.05, 4.69) is 10.3 Å². The second-order valence-electron chi connectivity index (χ2n) is 3.55. The number of nitriles is 1. The summed E-state index contributed by atoms with van der Waals surface area (Å²) in [4.78, 5) is 13.9. The molecule has 0 aliphatic heterocycles. The first-order valence-electron chi connectivity index (χ1n) is 5.67. The number of aromatic nitrogens is 1. The Morgan fingerprint density at radius 3 is 2.95 bits per heavy atom. The maximum absolute atomic E-state index is 10.6. The number of aliphatic hydroxyl groups excluding tert-OH is 1. The highest BCUT2D eigenvalue weighted by Gasteiger charge is 2.15. The summed E-state index contributed by atoms with van der Waals surface area (Å²) in [5.74, 6) is 2.17. The molecule has 0 spiro atoms. The lowest BCUT2D eigenvalue weighted by Crippen LogP contribution is -2.07. The third-order valence-electron chi connectivity index (χ3n) is 2.18. The molecule has 2 N–H and O–H groups in total. The van der Waals surface area contributed by atoms with Crippen LogP contribution in [0.4, 0.5) is 11.5 Å². The number of hydrogen-bond donors (Lipinski definition) is 2. The molecule has 1 aromatic rings. The van der Waals surface area contributed by atoms with Crippen LogP contribution in [0.3, 0.4) is 0 Å². The van der Waals surface area contributed by atoms with Crippen molar-refractivity contribution in [1.29, 1.82) is 5.26 Å². The zero-order valence-corrected chi connectivity index (χ0v) is 11.0. The summed E-state index contributed by atoms with van der Waals surface area (Å²) in [7, 11) is 0. The van der Waals surface area contributed by atoms with Crippen LogP contribution in [-0.4, -0.2) is 39.7 Å². The van der Waals surface area contributed by atoms with E-state index < -0.39 is 4.92 Å². The molecular weight excluding hydrogens is 268 g/mol. The minimum absolute atomic E-state index is 0.190. The fourth-order valence-electron chi connectivity index (χ4n) is 1.30. The van der Waals surface area contributed by atoms with Crippen molar-refractivity contribution in [2.24, 2.45) is 0 Å². The van der Waals surface area contributed by atoms with E-state index in [9.17, 15) is 10.1 Å². The van der Waals surface area contributed by atoms with Gasteiger partial charge in [0.05, 0.1) is 4.92 Å². The second kappa shape index (κ2) is 8.29. The monoisotopic (exact) mass is 282 g/mol. The van der Waals surface area contributed by atoms with Crippen molar-refractivity contribution in [2.45, 2.75) is 6.42 Å². The fraction of sp³-hybridized carbons (Fsp3) is 0.455. The lowest BCUT2D eigenvalue weighted by Gasteiger charge is -2.05. The first kappa shape index (κ1) is 15.2. The Hall–Kier alpha value is -1.85. The molecule has 0 amide bonds. The fourth-order valence-corrected chi connectivity index (χ4v) is 2.08. The summed E-state index contributed by atoms with van der Waals surface area (Å²) in [5, 5.41) is 31.0. The Kier molecular flexibility index (Phi) is 6.63. The Balaban J connectivity index is 2.47. The topological polar surface area (TPSA) is 112 Å². The summed E-state index contributed by atoms with van der Waals surface area (Å²) in [6.45, 7) is 0.835. The van der Waals surface area contributed by atoms with E-state index >= 15 is 0 Å². The molecule has 19 heavy (non-hydrogen) atoms. The average molecular weight is 282 g/mol. The third kappa shape index (κ3) is 5.11. The molecule has 1 rings (SSSR count). The van der Waals surface area contributed by atoms with E-state index in [0.717, 1.165) is 17.9 Å². The van der Waals surface area contributed by atoms with Gasteiger partial charge in [-0.15, -0.1) is 0 Å². The van der Waals surface area contributed by atoms with Crippen LogP contribution in [-0.2, 0) is 0 Å². The normalized spacial score (nSPS) is 9.89. The number of rotatable bonds is 8. The molecule has 0 aliphatic rings. The molecule has 102 valence electrons. The zero-order valence-electron chi connectivity index (χ0n) is 10.2. The number of pyridine rings is 1. The number of anilines is 1. The van der Waals surface area contributed by atoms with Crippen molar-refractivity contribution < 1.29 is 10.0 Å². The Morgan fingerprint density at radius 1 is 1.53 bits per heavy atom. The lowest BCUT2D eigenvalue weighted by atomic mass is 10.3. The van der Waals surface area contributed by atoms with E-state index in [1.165, 1.54) is 12.1 Å². The van der Waals surface area contributed by atoms with Crippen LogP contribution in [0.5, 0.6) is 0 Å². The van der Waals surface area contributed by atoms with E-state index in [1.54, 1.807) is 17.8 Å². The highest BCUT2D eigenvalue weighted by Crippen LogP contribution is 2.18. The lowest BCUT2D eigenvalue weighted by molar-refractivity contribution is -0.385. The van der Waals surface area contributed by atoms with Gasteiger partial charge in [-0.05, 0) is 18.2 Å². The molecule has 0 saturated carbocycles. The van der Waals surface area contributed by atoms with Gasteiger partial charge in [-0.1, -0.05) is 0 Å². The van der Waals surface area contributed by atoms with E-state index in [1.807, 2.05) is 0 Å². The van der Waals surface area contributed by atoms with Gasteiger partial charge in [0, 0.05) is 25.0 Å². The molecule has 0 unspecified atom stereocenters. The van der Waals surface area contributed by atoms with Gasteiger partial charge < -0.3 is 10.4 Å². The molecule has 0 aliphatic carbocycles. The van der Waals surface area contributed by atoms with Crippen molar-refractivity contribution in [2.75, 3.05) is 30.0 Å². The maximum atomic E-state index is 10.6. The van der Waals surface area contributed by atoms with Crippen molar-refractivity contribution in [3.05, 3.63) is 27.9 Å². The number of thioether (sulfide) groups is 1. The Morgan fingerprint density at radius 2 is 2.32 bits per heavy atom. The quantitative estimate of drug-likeness (QED) is 0.421. The van der Waals surface area contributed by atoms with Crippen molar-refractivity contribution in [1.82, 2.24) is 4.98 Å². The van der Waals surface area contributed by atoms with E-state index in [0.29, 0.717) is 12.4 Å². The van der Waals surface area contributed by atoms with Gasteiger partial charge in [-0.2, -0.15) is 17.0 Å². The van der Waals surface area contributed by atoms with Gasteiger partial charge >= 0.3 is 5.69 Å². The number of nitro groups is 1. The van der Waals surface area contributed by atoms with Gasteiger partial charge in [-0.25, -0.2) is 4.98 Å². The van der Waals surface area contributed by atoms with Crippen LogP contribution in [0, 0.1) is 21.4 Å². The first-order chi connectivity index (χ1) is 9.19. The molecule has 0 saturated heterocycles. The molecule has 0 aromatic carbocycles. The summed E-state index contributed by atoms with van der Waals surface area (Å²) in [6, 6.07) is 4.46. The standard InChI is InChI=1S/C11H14N4O3S/c12-8-9-10(15(17)18)2-3-11(14-9)13-4-7-19-6-1-5-16/h2-3,16H,1,4-7H2,(H,13,14). The van der Waals surface area contributed by atoms with Crippen LogP contribution in [0.1, 0.15) is 12.1 Å². The van der Waals surface area contributed by atoms with E-state index in [-0.39, 0.29) is 18.0 Å². The van der Waals surface area contributed by atoms with Gasteiger partial charge in [0.25, 0.3) is 0 Å². The number of nitrogens with zero attached hydrogens (tertiary/aromatic N) is 3. The van der Waals surface area contributed by atoms with Crippen molar-refractivity contribution in [3.8, 4) is 6.07 Å². The summed E-state index contributed by atoms with van der Waals surface area (Å²) < 4.78 is 0. The van der Waals surface area contributed by atoms with Gasteiger partial charge in [0.15, 0.2) is 0 Å². The summed E-state index contributed by atoms with van der Waals surface area (Å²) in [5.41, 5.74) is -0.478. The first-order valence-corrected chi connectivity index (χ1v) is 6.82. The summed E-state index contributed by atoms with van der Waals surface area (Å²) in [6.07, 6.45) is 0.763. The third-order valence-corrected chi connectivity index (χ3v) is 3.25. The predicted molar refractivity (Wildman–Crippen MR) is 73.1 cm³/mol. The van der Waals surface area contributed by atoms with Gasteiger partial charge in [-0.3, -0.25) is 10.1 Å². The van der Waals surface area contributed by atoms with Crippen molar-refractivity contribution >= 4 is 23.3 Å². The van der Waals surface area contributed by atoms with Crippen molar-refractivity contribution in [3.63, 3.8) is 0 Å².